The third kappa shape index (κ3) is 6.10. The monoisotopic (exact) mass is 644 g/mol. The Balaban J connectivity index is 1.30. The number of allylic oxidation sites excluding steroid dienone is 2. The lowest BCUT2D eigenvalue weighted by atomic mass is 9.70. The van der Waals surface area contributed by atoms with Crippen LogP contribution in [0.25, 0.3) is 34.4 Å². The summed E-state index contributed by atoms with van der Waals surface area (Å²) in [7, 11) is -2.69. The second-order valence-corrected chi connectivity index (χ2v) is 26.3. The lowest BCUT2D eigenvalue weighted by Gasteiger charge is -2.34. The van der Waals surface area contributed by atoms with Gasteiger partial charge in [-0.05, 0) is 69.3 Å². The maximum atomic E-state index is 2.56. The zero-order valence-electron chi connectivity index (χ0n) is 29.2. The fourth-order valence-electron chi connectivity index (χ4n) is 7.69. The van der Waals surface area contributed by atoms with Crippen molar-refractivity contribution in [3.05, 3.63) is 154 Å². The summed E-state index contributed by atoms with van der Waals surface area (Å²) >= 11 is 0. The van der Waals surface area contributed by atoms with E-state index >= 15 is 0 Å². The van der Waals surface area contributed by atoms with Crippen LogP contribution >= 0.6 is 0 Å². The van der Waals surface area contributed by atoms with Gasteiger partial charge in [0.2, 0.25) is 0 Å². The van der Waals surface area contributed by atoms with Crippen molar-refractivity contribution in [3.8, 4) is 22.3 Å². The molecule has 2 heteroatoms. The molecule has 5 aromatic rings. The normalized spacial score (nSPS) is 14.4. The van der Waals surface area contributed by atoms with Gasteiger partial charge in [0.1, 0.15) is 0 Å². The molecule has 0 aliphatic heterocycles. The second-order valence-electron chi connectivity index (χ2n) is 16.1. The summed E-state index contributed by atoms with van der Waals surface area (Å²) in [5.74, 6) is 0. The number of fused-ring (bicyclic) bond motifs is 2. The van der Waals surface area contributed by atoms with E-state index in [1.54, 1.807) is 0 Å². The molecule has 0 unspecified atom stereocenters. The zero-order chi connectivity index (χ0) is 33.0. The van der Waals surface area contributed by atoms with Gasteiger partial charge in [0.05, 0.1) is 16.1 Å². The van der Waals surface area contributed by atoms with Gasteiger partial charge in [-0.3, -0.25) is 0 Å². The van der Waals surface area contributed by atoms with Gasteiger partial charge >= 0.3 is 0 Å². The van der Waals surface area contributed by atoms with Gasteiger partial charge in [0.25, 0.3) is 0 Å². The summed E-state index contributed by atoms with van der Waals surface area (Å²) in [4.78, 5) is 0. The fraction of sp³-hybridized carbons (Fsp3) is 0.244. The van der Waals surface area contributed by atoms with Gasteiger partial charge in [-0.2, -0.15) is 0 Å². The van der Waals surface area contributed by atoms with Crippen LogP contribution in [0.1, 0.15) is 34.7 Å². The van der Waals surface area contributed by atoms with E-state index in [9.17, 15) is 0 Å². The molecular weight excluding hydrogens is 597 g/mol. The smallest absolute Gasteiger partial charge is 0.0656 e. The van der Waals surface area contributed by atoms with Gasteiger partial charge in [0, 0.05) is 5.41 Å². The van der Waals surface area contributed by atoms with Gasteiger partial charge in [-0.15, -0.1) is 0 Å². The average molecular weight is 645 g/mol. The van der Waals surface area contributed by atoms with Gasteiger partial charge < -0.3 is 0 Å². The highest BCUT2D eigenvalue weighted by Gasteiger charge is 2.38. The van der Waals surface area contributed by atoms with E-state index in [1.807, 2.05) is 0 Å². The Kier molecular flexibility index (Phi) is 8.01. The van der Waals surface area contributed by atoms with E-state index in [4.69, 9.17) is 0 Å². The van der Waals surface area contributed by atoms with Crippen LogP contribution in [0.4, 0.5) is 0 Å². The van der Waals surface area contributed by atoms with E-state index < -0.39 is 16.1 Å². The van der Waals surface area contributed by atoms with Crippen molar-refractivity contribution in [2.24, 2.45) is 5.41 Å². The number of rotatable bonds is 8. The van der Waals surface area contributed by atoms with Gasteiger partial charge in [-0.1, -0.05) is 195 Å². The minimum absolute atomic E-state index is 0.0999. The minimum Gasteiger partial charge on any atom is -0.0656 e. The summed E-state index contributed by atoms with van der Waals surface area (Å²) in [6, 6.07) is 43.9. The highest BCUT2D eigenvalue weighted by atomic mass is 28.3. The molecule has 0 bridgehead atoms. The maximum absolute atomic E-state index is 2.56. The molecule has 236 valence electrons. The third-order valence-corrected chi connectivity index (χ3v) is 14.9. The average Bonchev–Trinajstić information content (AvgIpc) is 3.70. The van der Waals surface area contributed by atoms with Crippen molar-refractivity contribution in [2.45, 2.75) is 65.5 Å². The van der Waals surface area contributed by atoms with Crippen molar-refractivity contribution >= 4 is 38.7 Å². The Morgan fingerprint density at radius 2 is 0.915 bits per heavy atom. The second kappa shape index (κ2) is 11.9. The predicted octanol–water partition coefficient (Wildman–Crippen LogP) is 10.9. The molecule has 2 aliphatic rings. The summed E-state index contributed by atoms with van der Waals surface area (Å²) < 4.78 is 0. The van der Waals surface area contributed by atoms with Crippen molar-refractivity contribution in [3.63, 3.8) is 0 Å². The molecular formula is C45H48Si2. The molecule has 0 radical (unpaired) electrons. The first kappa shape index (κ1) is 31.6. The van der Waals surface area contributed by atoms with E-state index in [-0.39, 0.29) is 5.41 Å². The van der Waals surface area contributed by atoms with Crippen molar-refractivity contribution in [2.75, 3.05) is 0 Å². The summed E-state index contributed by atoms with van der Waals surface area (Å²) in [6.45, 7) is 17.1. The van der Waals surface area contributed by atoms with Crippen LogP contribution in [0.15, 0.2) is 126 Å². The maximum Gasteiger partial charge on any atom is 0.0775 e. The Morgan fingerprint density at radius 3 is 1.32 bits per heavy atom. The van der Waals surface area contributed by atoms with Crippen LogP contribution in [0, 0.1) is 5.41 Å². The van der Waals surface area contributed by atoms with E-state index in [2.05, 4.69) is 174 Å². The molecule has 0 N–H and O–H groups in total. The third-order valence-electron chi connectivity index (χ3n) is 10.7. The fourth-order valence-corrected chi connectivity index (χ4v) is 10.0. The van der Waals surface area contributed by atoms with Gasteiger partial charge in [-0.25, -0.2) is 0 Å². The highest BCUT2D eigenvalue weighted by Crippen LogP contribution is 2.50. The lowest BCUT2D eigenvalue weighted by molar-refractivity contribution is 0.466. The molecule has 5 aromatic carbocycles. The molecule has 0 spiro atoms. The largest absolute Gasteiger partial charge is 0.0775 e. The SMILES string of the molecule is CC(Cc1ccccc1)(C1=Cc2c(cccc2-c2ccc([Si](C)(C)C)cc2)C1)C1=Cc2c(cccc2-c2ccc([Si](C)(C)C)cc2)C1. The Hall–Kier alpha value is -3.99. The number of hydrogen-bond donors (Lipinski definition) is 0. The van der Waals surface area contributed by atoms with Crippen LogP contribution in [0.2, 0.25) is 39.3 Å². The van der Waals surface area contributed by atoms with Crippen LogP contribution in [0.3, 0.4) is 0 Å². The molecule has 0 nitrogen and oxygen atoms in total. The van der Waals surface area contributed by atoms with Crippen molar-refractivity contribution < 1.29 is 0 Å². The van der Waals surface area contributed by atoms with Crippen molar-refractivity contribution in [1.29, 1.82) is 0 Å². The molecule has 7 rings (SSSR count). The van der Waals surface area contributed by atoms with E-state index in [1.165, 1.54) is 71.6 Å². The standard InChI is InChI=1S/C45H48Si2/c1-45(31-32-13-9-8-10-14-32,37-27-35-15-11-17-41(43(35)29-37)33-19-23-39(24-20-33)46(2,3)4)38-28-36-16-12-18-42(44(36)30-38)34-21-25-40(26-22-34)47(5,6)7/h8-26,29-30H,27-28,31H2,1-7H3. The summed E-state index contributed by atoms with van der Waals surface area (Å²) in [5.41, 5.74) is 15.4. The molecule has 0 amide bonds. The Bertz CT molecular complexity index is 1870. The highest BCUT2D eigenvalue weighted by molar-refractivity contribution is 6.89. The summed E-state index contributed by atoms with van der Waals surface area (Å²) in [6.07, 6.45) is 8.10. The number of benzene rings is 5. The molecule has 0 aromatic heterocycles. The van der Waals surface area contributed by atoms with Crippen LogP contribution in [-0.2, 0) is 19.3 Å². The van der Waals surface area contributed by atoms with Gasteiger partial charge in [0.15, 0.2) is 0 Å². The Labute approximate surface area is 285 Å². The van der Waals surface area contributed by atoms with Crippen LogP contribution in [-0.4, -0.2) is 16.1 Å². The number of hydrogen-bond acceptors (Lipinski definition) is 0. The molecule has 0 saturated carbocycles. The first-order chi connectivity index (χ1) is 22.4. The molecule has 0 atom stereocenters. The van der Waals surface area contributed by atoms with Crippen LogP contribution < -0.4 is 10.4 Å². The first-order valence-corrected chi connectivity index (χ1v) is 24.3. The van der Waals surface area contributed by atoms with Crippen LogP contribution in [0.5, 0.6) is 0 Å². The lowest BCUT2D eigenvalue weighted by Crippen LogP contribution is -2.37. The zero-order valence-corrected chi connectivity index (χ0v) is 31.2. The summed E-state index contributed by atoms with van der Waals surface area (Å²) in [5, 5.41) is 3.03. The van der Waals surface area contributed by atoms with E-state index in [0.717, 1.165) is 19.3 Å². The molecule has 0 fully saturated rings. The topological polar surface area (TPSA) is 0 Å². The van der Waals surface area contributed by atoms with Crippen molar-refractivity contribution in [1.82, 2.24) is 0 Å². The molecule has 0 saturated heterocycles. The first-order valence-electron chi connectivity index (χ1n) is 17.3. The molecule has 2 aliphatic carbocycles. The predicted molar refractivity (Wildman–Crippen MR) is 211 cm³/mol. The molecule has 0 heterocycles. The molecule has 47 heavy (non-hydrogen) atoms. The quantitative estimate of drug-likeness (QED) is 0.147. The minimum atomic E-state index is -1.35. The van der Waals surface area contributed by atoms with E-state index in [0.29, 0.717) is 0 Å². The Morgan fingerprint density at radius 1 is 0.489 bits per heavy atom.